The molecule has 0 saturated heterocycles. The fourth-order valence-corrected chi connectivity index (χ4v) is 2.65. The van der Waals surface area contributed by atoms with Gasteiger partial charge in [-0.15, -0.1) is 5.10 Å². The summed E-state index contributed by atoms with van der Waals surface area (Å²) in [4.78, 5) is 13.9. The summed E-state index contributed by atoms with van der Waals surface area (Å²) < 4.78 is 40.5. The number of amides is 1. The Labute approximate surface area is 152 Å². The van der Waals surface area contributed by atoms with Crippen LogP contribution < -0.4 is 0 Å². The van der Waals surface area contributed by atoms with Crippen LogP contribution in [0.5, 0.6) is 0 Å². The lowest BCUT2D eigenvalue weighted by Crippen LogP contribution is -2.26. The minimum Gasteiger partial charge on any atom is -0.334 e. The third-order valence-corrected chi connectivity index (χ3v) is 3.92. The number of benzene rings is 1. The number of aryl methyl sites for hydroxylation is 1. The van der Waals surface area contributed by atoms with E-state index in [1.165, 1.54) is 34.0 Å². The number of aromatic amines is 1. The van der Waals surface area contributed by atoms with Crippen molar-refractivity contribution in [2.24, 2.45) is 0 Å². The van der Waals surface area contributed by atoms with E-state index in [9.17, 15) is 18.0 Å². The Morgan fingerprint density at radius 1 is 1.30 bits per heavy atom. The molecule has 0 atom stereocenters. The van der Waals surface area contributed by atoms with E-state index < -0.39 is 17.6 Å². The van der Waals surface area contributed by atoms with E-state index in [4.69, 9.17) is 0 Å². The van der Waals surface area contributed by atoms with Crippen LogP contribution in [0.15, 0.2) is 36.5 Å². The molecule has 0 fully saturated rings. The zero-order valence-electron chi connectivity index (χ0n) is 14.7. The van der Waals surface area contributed by atoms with Gasteiger partial charge in [0.05, 0.1) is 30.5 Å². The maximum absolute atomic E-state index is 13.1. The molecule has 1 aromatic carbocycles. The molecule has 0 aliphatic heterocycles. The monoisotopic (exact) mass is 378 g/mol. The first-order valence-corrected chi connectivity index (χ1v) is 8.05. The maximum Gasteiger partial charge on any atom is 0.416 e. The molecule has 0 saturated carbocycles. The highest BCUT2D eigenvalue weighted by atomic mass is 19.4. The van der Waals surface area contributed by atoms with Crippen LogP contribution in [-0.2, 0) is 19.3 Å². The van der Waals surface area contributed by atoms with Gasteiger partial charge in [-0.2, -0.15) is 18.3 Å². The fraction of sp³-hybridized carbons (Fsp3) is 0.294. The van der Waals surface area contributed by atoms with Crippen LogP contribution in [0.1, 0.15) is 33.0 Å². The Morgan fingerprint density at radius 2 is 2.04 bits per heavy atom. The number of H-pyrrole nitrogens is 1. The van der Waals surface area contributed by atoms with Crippen LogP contribution >= 0.6 is 0 Å². The summed E-state index contributed by atoms with van der Waals surface area (Å²) in [6.45, 7) is 1.98. The van der Waals surface area contributed by atoms with Gasteiger partial charge in [-0.25, -0.2) is 4.68 Å². The minimum atomic E-state index is -4.46. The molecule has 0 unspecified atom stereocenters. The summed E-state index contributed by atoms with van der Waals surface area (Å²) in [6.07, 6.45) is -3.13. The number of hydrogen-bond donors (Lipinski definition) is 1. The number of nitrogens with zero attached hydrogens (tertiary/aromatic N) is 5. The number of aromatic nitrogens is 5. The number of nitrogens with one attached hydrogen (secondary N) is 1. The third kappa shape index (κ3) is 4.33. The van der Waals surface area contributed by atoms with Crippen molar-refractivity contribution >= 4 is 5.91 Å². The number of halogens is 3. The van der Waals surface area contributed by atoms with Gasteiger partial charge in [-0.3, -0.25) is 9.89 Å². The van der Waals surface area contributed by atoms with E-state index in [0.29, 0.717) is 5.69 Å². The third-order valence-electron chi connectivity index (χ3n) is 3.92. The van der Waals surface area contributed by atoms with Crippen molar-refractivity contribution in [1.29, 1.82) is 0 Å². The van der Waals surface area contributed by atoms with Gasteiger partial charge in [0.15, 0.2) is 5.69 Å². The second-order valence-electron chi connectivity index (χ2n) is 6.16. The van der Waals surface area contributed by atoms with Gasteiger partial charge in [0.2, 0.25) is 0 Å². The van der Waals surface area contributed by atoms with Gasteiger partial charge in [0, 0.05) is 12.7 Å². The molecule has 1 N–H and O–H groups in total. The summed E-state index contributed by atoms with van der Waals surface area (Å²) >= 11 is 0. The molecule has 7 nitrogen and oxygen atoms in total. The number of carbonyl (C=O) groups excluding carboxylic acids is 1. The smallest absolute Gasteiger partial charge is 0.334 e. The Morgan fingerprint density at radius 3 is 2.70 bits per heavy atom. The van der Waals surface area contributed by atoms with Gasteiger partial charge in [-0.1, -0.05) is 23.4 Å². The van der Waals surface area contributed by atoms with E-state index in [1.54, 1.807) is 7.05 Å². The summed E-state index contributed by atoms with van der Waals surface area (Å²) in [5.41, 5.74) is 0.929. The summed E-state index contributed by atoms with van der Waals surface area (Å²) in [5, 5.41) is 14.4. The van der Waals surface area contributed by atoms with Gasteiger partial charge in [0.25, 0.3) is 5.91 Å². The molecule has 2 heterocycles. The highest BCUT2D eigenvalue weighted by Gasteiger charge is 2.33. The molecule has 3 aromatic rings. The van der Waals surface area contributed by atoms with E-state index in [0.717, 1.165) is 11.8 Å². The van der Waals surface area contributed by atoms with Crippen LogP contribution in [0.4, 0.5) is 13.2 Å². The van der Waals surface area contributed by atoms with Gasteiger partial charge >= 0.3 is 6.18 Å². The molecule has 1 amide bonds. The Bertz CT molecular complexity index is 946. The topological polar surface area (TPSA) is 79.7 Å². The zero-order valence-corrected chi connectivity index (χ0v) is 14.7. The van der Waals surface area contributed by atoms with Crippen molar-refractivity contribution in [2.75, 3.05) is 7.05 Å². The molecule has 0 aliphatic carbocycles. The molecule has 0 aliphatic rings. The molecule has 0 radical (unpaired) electrons. The van der Waals surface area contributed by atoms with Crippen LogP contribution in [0.25, 0.3) is 0 Å². The lowest BCUT2D eigenvalue weighted by atomic mass is 10.1. The van der Waals surface area contributed by atoms with E-state index >= 15 is 0 Å². The van der Waals surface area contributed by atoms with Crippen LogP contribution in [0, 0.1) is 6.92 Å². The molecule has 2 aromatic heterocycles. The highest BCUT2D eigenvalue weighted by Crippen LogP contribution is 2.32. The van der Waals surface area contributed by atoms with Crippen molar-refractivity contribution in [2.45, 2.75) is 26.2 Å². The molecular weight excluding hydrogens is 361 g/mol. The summed E-state index contributed by atoms with van der Waals surface area (Å²) in [6, 6.07) is 7.05. The van der Waals surface area contributed by atoms with Crippen LogP contribution in [0.3, 0.4) is 0 Å². The second kappa shape index (κ2) is 7.22. The predicted molar refractivity (Wildman–Crippen MR) is 89.7 cm³/mol. The average Bonchev–Trinajstić information content (AvgIpc) is 3.23. The fourth-order valence-electron chi connectivity index (χ4n) is 2.65. The summed E-state index contributed by atoms with van der Waals surface area (Å²) in [5.74, 6) is -0.397. The van der Waals surface area contributed by atoms with Crippen molar-refractivity contribution in [3.8, 4) is 0 Å². The second-order valence-corrected chi connectivity index (χ2v) is 6.16. The first-order valence-electron chi connectivity index (χ1n) is 8.05. The molecule has 27 heavy (non-hydrogen) atoms. The van der Waals surface area contributed by atoms with E-state index in [2.05, 4.69) is 20.5 Å². The molecule has 0 spiro atoms. The van der Waals surface area contributed by atoms with Crippen LogP contribution in [-0.4, -0.2) is 43.0 Å². The Hall–Kier alpha value is -3.17. The maximum atomic E-state index is 13.1. The van der Waals surface area contributed by atoms with Crippen molar-refractivity contribution < 1.29 is 18.0 Å². The zero-order chi connectivity index (χ0) is 19.6. The molecule has 10 heteroatoms. The molecule has 0 bridgehead atoms. The van der Waals surface area contributed by atoms with Gasteiger partial charge < -0.3 is 4.90 Å². The molecule has 3 rings (SSSR count). The quantitative estimate of drug-likeness (QED) is 0.740. The Balaban J connectivity index is 1.72. The summed E-state index contributed by atoms with van der Waals surface area (Å²) in [7, 11) is 1.59. The van der Waals surface area contributed by atoms with E-state index in [1.807, 2.05) is 13.0 Å². The largest absolute Gasteiger partial charge is 0.416 e. The van der Waals surface area contributed by atoms with Crippen molar-refractivity contribution in [3.05, 3.63) is 64.7 Å². The normalized spacial score (nSPS) is 11.6. The number of carbonyl (C=O) groups is 1. The number of hydrogen-bond acceptors (Lipinski definition) is 4. The molecule has 142 valence electrons. The van der Waals surface area contributed by atoms with Crippen molar-refractivity contribution in [1.82, 2.24) is 30.1 Å². The first kappa shape index (κ1) is 18.6. The van der Waals surface area contributed by atoms with E-state index in [-0.39, 0.29) is 24.3 Å². The number of alkyl halides is 3. The number of rotatable bonds is 5. The SMILES string of the molecule is Cc1cc(CN(C)C(=O)c2cn(Cc3ccccc3C(F)(F)F)nn2)n[nH]1. The first-order chi connectivity index (χ1) is 12.7. The predicted octanol–water partition coefficient (Wildman–Crippen LogP) is 2.65. The lowest BCUT2D eigenvalue weighted by Gasteiger charge is -2.13. The Kier molecular flexibility index (Phi) is 4.98. The van der Waals surface area contributed by atoms with Crippen molar-refractivity contribution in [3.63, 3.8) is 0 Å². The van der Waals surface area contributed by atoms with Gasteiger partial charge in [0.1, 0.15) is 0 Å². The lowest BCUT2D eigenvalue weighted by molar-refractivity contribution is -0.138. The minimum absolute atomic E-state index is 0.0502. The highest BCUT2D eigenvalue weighted by molar-refractivity contribution is 5.91. The van der Waals surface area contributed by atoms with Crippen LogP contribution in [0.2, 0.25) is 0 Å². The average molecular weight is 378 g/mol. The van der Waals surface area contributed by atoms with Gasteiger partial charge in [-0.05, 0) is 24.6 Å². The molecular formula is C17H17F3N6O. The standard InChI is InChI=1S/C17H17F3N6O/c1-11-7-13(22-21-11)9-25(2)16(27)15-10-26(24-23-15)8-12-5-3-4-6-14(12)17(18,19)20/h3-7,10H,8-9H2,1-2H3,(H,21,22).